The van der Waals surface area contributed by atoms with Crippen LogP contribution in [0.15, 0.2) is 11.4 Å². The summed E-state index contributed by atoms with van der Waals surface area (Å²) in [5, 5.41) is 12.1. The standard InChI is InChI=1S/C5H5NO3S/c1-9-5-4(6(7)8)2-3-10-5/h2-3H,1H3. The van der Waals surface area contributed by atoms with Gasteiger partial charge in [0.05, 0.1) is 12.0 Å². The lowest BCUT2D eigenvalue weighted by molar-refractivity contribution is -0.385. The largest absolute Gasteiger partial charge is 0.482 e. The maximum Gasteiger partial charge on any atom is 0.322 e. The summed E-state index contributed by atoms with van der Waals surface area (Å²) in [5.41, 5.74) is 0.0347. The van der Waals surface area contributed by atoms with E-state index in [4.69, 9.17) is 4.74 Å². The zero-order valence-electron chi connectivity index (χ0n) is 5.23. The van der Waals surface area contributed by atoms with Crippen LogP contribution in [0.1, 0.15) is 0 Å². The van der Waals surface area contributed by atoms with Crippen molar-refractivity contribution in [1.29, 1.82) is 0 Å². The van der Waals surface area contributed by atoms with Crippen molar-refractivity contribution in [1.82, 2.24) is 0 Å². The average Bonchev–Trinajstić information content (AvgIpc) is 2.33. The minimum absolute atomic E-state index is 0.0347. The molecule has 0 aliphatic rings. The number of ether oxygens (including phenoxy) is 1. The molecule has 5 heteroatoms. The van der Waals surface area contributed by atoms with Crippen LogP contribution in [0.2, 0.25) is 0 Å². The molecule has 0 bridgehead atoms. The second kappa shape index (κ2) is 2.66. The fourth-order valence-electron chi connectivity index (χ4n) is 0.577. The lowest BCUT2D eigenvalue weighted by atomic mass is 10.5. The van der Waals surface area contributed by atoms with Gasteiger partial charge in [-0.3, -0.25) is 10.1 Å². The van der Waals surface area contributed by atoms with Gasteiger partial charge in [-0.15, -0.1) is 11.3 Å². The first kappa shape index (κ1) is 7.01. The minimum Gasteiger partial charge on any atom is -0.482 e. The minimum atomic E-state index is -0.463. The van der Waals surface area contributed by atoms with Crippen LogP contribution in [0.4, 0.5) is 5.69 Å². The van der Waals surface area contributed by atoms with E-state index in [1.54, 1.807) is 5.38 Å². The molecule has 0 aromatic carbocycles. The molecule has 1 heterocycles. The maximum absolute atomic E-state index is 10.2. The van der Waals surface area contributed by atoms with Crippen molar-refractivity contribution in [3.8, 4) is 5.06 Å². The van der Waals surface area contributed by atoms with E-state index in [-0.39, 0.29) is 5.69 Å². The van der Waals surface area contributed by atoms with Crippen LogP contribution in [0, 0.1) is 10.1 Å². The van der Waals surface area contributed by atoms with Gasteiger partial charge in [-0.2, -0.15) is 0 Å². The van der Waals surface area contributed by atoms with Crippen LogP contribution >= 0.6 is 11.3 Å². The van der Waals surface area contributed by atoms with Gasteiger partial charge in [-0.25, -0.2) is 0 Å². The van der Waals surface area contributed by atoms with E-state index in [1.807, 2.05) is 0 Å². The molecule has 0 saturated heterocycles. The van der Waals surface area contributed by atoms with Crippen molar-refractivity contribution in [2.45, 2.75) is 0 Å². The summed E-state index contributed by atoms with van der Waals surface area (Å²) in [6, 6.07) is 1.42. The molecule has 54 valence electrons. The Hall–Kier alpha value is -1.10. The van der Waals surface area contributed by atoms with Crippen LogP contribution in [-0.4, -0.2) is 12.0 Å². The lowest BCUT2D eigenvalue weighted by Gasteiger charge is -1.91. The molecule has 1 aromatic rings. The summed E-state index contributed by atoms with van der Waals surface area (Å²) < 4.78 is 4.72. The summed E-state index contributed by atoms with van der Waals surface area (Å²) in [7, 11) is 1.42. The molecule has 0 atom stereocenters. The summed E-state index contributed by atoms with van der Waals surface area (Å²) in [6.07, 6.45) is 0. The Morgan fingerprint density at radius 2 is 2.50 bits per heavy atom. The topological polar surface area (TPSA) is 52.4 Å². The molecule has 1 rings (SSSR count). The van der Waals surface area contributed by atoms with E-state index < -0.39 is 4.92 Å². The monoisotopic (exact) mass is 159 g/mol. The average molecular weight is 159 g/mol. The van der Waals surface area contributed by atoms with Crippen molar-refractivity contribution in [3.63, 3.8) is 0 Å². The Kier molecular flexibility index (Phi) is 1.86. The van der Waals surface area contributed by atoms with Crippen molar-refractivity contribution in [2.75, 3.05) is 7.11 Å². The number of rotatable bonds is 2. The molecule has 0 fully saturated rings. The SMILES string of the molecule is COc1sccc1[N+](=O)[O-]. The van der Waals surface area contributed by atoms with Crippen LogP contribution in [0.3, 0.4) is 0 Å². The van der Waals surface area contributed by atoms with Gasteiger partial charge < -0.3 is 4.74 Å². The predicted octanol–water partition coefficient (Wildman–Crippen LogP) is 1.66. The summed E-state index contributed by atoms with van der Waals surface area (Å²) in [4.78, 5) is 9.71. The molecule has 0 N–H and O–H groups in total. The van der Waals surface area contributed by atoms with E-state index in [9.17, 15) is 10.1 Å². The predicted molar refractivity (Wildman–Crippen MR) is 37.5 cm³/mol. The van der Waals surface area contributed by atoms with Gasteiger partial charge in [0.2, 0.25) is 0 Å². The molecular formula is C5H5NO3S. The maximum atomic E-state index is 10.2. The van der Waals surface area contributed by atoms with E-state index in [2.05, 4.69) is 0 Å². The molecule has 0 unspecified atom stereocenters. The molecule has 10 heavy (non-hydrogen) atoms. The number of methoxy groups -OCH3 is 1. The zero-order chi connectivity index (χ0) is 7.56. The highest BCUT2D eigenvalue weighted by molar-refractivity contribution is 7.12. The number of hydrogen-bond acceptors (Lipinski definition) is 4. The smallest absolute Gasteiger partial charge is 0.322 e. The Bertz CT molecular complexity index is 245. The molecule has 0 aliphatic carbocycles. The van der Waals surface area contributed by atoms with Crippen molar-refractivity contribution in [2.24, 2.45) is 0 Å². The van der Waals surface area contributed by atoms with Gasteiger partial charge in [0, 0.05) is 11.4 Å². The van der Waals surface area contributed by atoms with E-state index in [1.165, 1.54) is 24.5 Å². The summed E-state index contributed by atoms with van der Waals surface area (Å²) >= 11 is 1.21. The first-order chi connectivity index (χ1) is 4.75. The third kappa shape index (κ3) is 1.08. The lowest BCUT2D eigenvalue weighted by Crippen LogP contribution is -1.88. The van der Waals surface area contributed by atoms with Gasteiger partial charge in [-0.05, 0) is 0 Å². The van der Waals surface area contributed by atoms with Crippen molar-refractivity contribution < 1.29 is 9.66 Å². The molecule has 0 spiro atoms. The van der Waals surface area contributed by atoms with Gasteiger partial charge >= 0.3 is 5.69 Å². The molecule has 0 aliphatic heterocycles. The Labute approximate surface area is 61.2 Å². The third-order valence-corrected chi connectivity index (χ3v) is 1.85. The zero-order valence-corrected chi connectivity index (χ0v) is 6.05. The van der Waals surface area contributed by atoms with Crippen molar-refractivity contribution in [3.05, 3.63) is 21.6 Å². The molecular weight excluding hydrogens is 154 g/mol. The number of thiophene rings is 1. The molecule has 4 nitrogen and oxygen atoms in total. The van der Waals surface area contributed by atoms with Crippen LogP contribution in [-0.2, 0) is 0 Å². The highest BCUT2D eigenvalue weighted by Gasteiger charge is 2.14. The highest BCUT2D eigenvalue weighted by Crippen LogP contribution is 2.32. The second-order valence-electron chi connectivity index (χ2n) is 1.55. The van der Waals surface area contributed by atoms with Crippen LogP contribution in [0.25, 0.3) is 0 Å². The number of hydrogen-bond donors (Lipinski definition) is 0. The first-order valence-electron chi connectivity index (χ1n) is 2.51. The first-order valence-corrected chi connectivity index (χ1v) is 3.39. The Morgan fingerprint density at radius 3 is 2.90 bits per heavy atom. The second-order valence-corrected chi connectivity index (χ2v) is 2.43. The Balaban J connectivity index is 3.01. The van der Waals surface area contributed by atoms with Gasteiger partial charge in [0.25, 0.3) is 5.06 Å². The quantitative estimate of drug-likeness (QED) is 0.487. The molecule has 0 saturated carbocycles. The molecule has 1 aromatic heterocycles. The normalized spacial score (nSPS) is 9.30. The third-order valence-electron chi connectivity index (χ3n) is 0.992. The van der Waals surface area contributed by atoms with Crippen LogP contribution in [0.5, 0.6) is 5.06 Å². The van der Waals surface area contributed by atoms with Gasteiger partial charge in [0.15, 0.2) is 0 Å². The summed E-state index contributed by atoms with van der Waals surface area (Å²) in [5.74, 6) is 0. The highest BCUT2D eigenvalue weighted by atomic mass is 32.1. The fraction of sp³-hybridized carbons (Fsp3) is 0.200. The fourth-order valence-corrected chi connectivity index (χ4v) is 1.26. The molecule has 0 radical (unpaired) electrons. The Morgan fingerprint density at radius 1 is 1.80 bits per heavy atom. The van der Waals surface area contributed by atoms with E-state index >= 15 is 0 Å². The number of nitrogens with zero attached hydrogens (tertiary/aromatic N) is 1. The molecule has 0 amide bonds. The van der Waals surface area contributed by atoms with Gasteiger partial charge in [0.1, 0.15) is 0 Å². The summed E-state index contributed by atoms with van der Waals surface area (Å²) in [6.45, 7) is 0. The van der Waals surface area contributed by atoms with Crippen LogP contribution < -0.4 is 4.74 Å². The van der Waals surface area contributed by atoms with Gasteiger partial charge in [-0.1, -0.05) is 0 Å². The van der Waals surface area contributed by atoms with Crippen molar-refractivity contribution >= 4 is 17.0 Å². The van der Waals surface area contributed by atoms with E-state index in [0.717, 1.165) is 0 Å². The van der Waals surface area contributed by atoms with E-state index in [0.29, 0.717) is 5.06 Å². The number of nitro groups is 1.